The quantitative estimate of drug-likeness (QED) is 0.781. The molecule has 0 aliphatic heterocycles. The molecule has 5 nitrogen and oxygen atoms in total. The van der Waals surface area contributed by atoms with Gasteiger partial charge in [-0.2, -0.15) is 0 Å². The summed E-state index contributed by atoms with van der Waals surface area (Å²) in [7, 11) is 0. The first-order valence-corrected chi connectivity index (χ1v) is 8.27. The van der Waals surface area contributed by atoms with Gasteiger partial charge in [-0.25, -0.2) is 9.78 Å². The number of para-hydroxylation sites is 1. The number of hydrogen-bond donors (Lipinski definition) is 1. The molecule has 0 unspecified atom stereocenters. The summed E-state index contributed by atoms with van der Waals surface area (Å²) in [5, 5.41) is 12.8. The zero-order valence-electron chi connectivity index (χ0n) is 12.7. The molecule has 1 aromatic carbocycles. The highest BCUT2D eigenvalue weighted by Gasteiger charge is 2.21. The smallest absolute Gasteiger partial charge is 0.341 e. The van der Waals surface area contributed by atoms with Gasteiger partial charge in [0, 0.05) is 22.7 Å². The lowest BCUT2D eigenvalue weighted by atomic mass is 10.0. The normalized spacial score (nSPS) is 11.0. The number of rotatable bonds is 5. The van der Waals surface area contributed by atoms with E-state index in [9.17, 15) is 14.7 Å². The topological polar surface area (TPSA) is 72.2 Å². The summed E-state index contributed by atoms with van der Waals surface area (Å²) in [6.07, 6.45) is 3.02. The number of thiazole rings is 1. The van der Waals surface area contributed by atoms with Gasteiger partial charge in [-0.05, 0) is 18.6 Å². The van der Waals surface area contributed by atoms with Crippen LogP contribution in [0.5, 0.6) is 0 Å². The molecule has 0 saturated carbocycles. The number of carboxylic acids is 1. The predicted octanol–water partition coefficient (Wildman–Crippen LogP) is 3.16. The third-order valence-corrected chi connectivity index (χ3v) is 4.52. The summed E-state index contributed by atoms with van der Waals surface area (Å²) in [5.41, 5.74) is 0.786. The maximum atomic E-state index is 12.6. The molecule has 0 amide bonds. The number of carbonyl (C=O) groups is 1. The maximum absolute atomic E-state index is 12.6. The van der Waals surface area contributed by atoms with E-state index in [2.05, 4.69) is 4.98 Å². The van der Waals surface area contributed by atoms with Gasteiger partial charge in [0.2, 0.25) is 5.43 Å². The van der Waals surface area contributed by atoms with Crippen molar-refractivity contribution in [2.45, 2.75) is 26.3 Å². The number of hydrogen-bond acceptors (Lipinski definition) is 4. The van der Waals surface area contributed by atoms with Crippen molar-refractivity contribution < 1.29 is 9.90 Å². The molecule has 2 aromatic heterocycles. The number of aromatic nitrogens is 2. The second-order valence-electron chi connectivity index (χ2n) is 5.24. The summed E-state index contributed by atoms with van der Waals surface area (Å²) >= 11 is 1.51. The minimum Gasteiger partial charge on any atom is -0.477 e. The van der Waals surface area contributed by atoms with Crippen LogP contribution in [0.15, 0.2) is 40.6 Å². The van der Waals surface area contributed by atoms with Gasteiger partial charge in [0.1, 0.15) is 10.6 Å². The van der Waals surface area contributed by atoms with Crippen LogP contribution >= 0.6 is 11.3 Å². The summed E-state index contributed by atoms with van der Waals surface area (Å²) in [4.78, 5) is 28.6. The van der Waals surface area contributed by atoms with Gasteiger partial charge in [0.05, 0.1) is 12.1 Å². The lowest BCUT2D eigenvalue weighted by Gasteiger charge is -2.18. The Bertz CT molecular complexity index is 913. The third kappa shape index (κ3) is 2.77. The van der Waals surface area contributed by atoms with Gasteiger partial charge in [0.25, 0.3) is 0 Å². The monoisotopic (exact) mass is 328 g/mol. The molecule has 0 saturated heterocycles. The van der Waals surface area contributed by atoms with Gasteiger partial charge < -0.3 is 9.67 Å². The zero-order chi connectivity index (χ0) is 16.4. The molecular weight excluding hydrogens is 312 g/mol. The maximum Gasteiger partial charge on any atom is 0.341 e. The van der Waals surface area contributed by atoms with Gasteiger partial charge in [-0.15, -0.1) is 11.3 Å². The molecule has 1 N–H and O–H groups in total. The van der Waals surface area contributed by atoms with E-state index < -0.39 is 11.4 Å². The van der Waals surface area contributed by atoms with Crippen LogP contribution in [0.1, 0.15) is 34.4 Å². The average Bonchev–Trinajstić information content (AvgIpc) is 3.04. The molecule has 6 heteroatoms. The standard InChI is InChI=1S/C17H16N2O3S/c1-2-5-13-15(17(21)22)16(20)11-6-3-4-7-12(11)19(13)10-14-18-8-9-23-14/h3-4,6-9H,2,5,10H2,1H3,(H,21,22). The van der Waals surface area contributed by atoms with Crippen LogP contribution in [0.2, 0.25) is 0 Å². The Labute approximate surface area is 136 Å². The molecule has 3 aromatic rings. The second-order valence-corrected chi connectivity index (χ2v) is 6.21. The summed E-state index contributed by atoms with van der Waals surface area (Å²) in [6.45, 7) is 2.44. The molecule has 0 atom stereocenters. The molecular formula is C17H16N2O3S. The largest absolute Gasteiger partial charge is 0.477 e. The molecule has 2 heterocycles. The lowest BCUT2D eigenvalue weighted by molar-refractivity contribution is 0.0693. The first-order chi connectivity index (χ1) is 11.1. The van der Waals surface area contributed by atoms with Crippen molar-refractivity contribution in [1.82, 2.24) is 9.55 Å². The fraction of sp³-hybridized carbons (Fsp3) is 0.235. The number of fused-ring (bicyclic) bond motifs is 1. The summed E-state index contributed by atoms with van der Waals surface area (Å²) < 4.78 is 1.92. The van der Waals surface area contributed by atoms with Crippen LogP contribution in [0.3, 0.4) is 0 Å². The lowest BCUT2D eigenvalue weighted by Crippen LogP contribution is -2.24. The van der Waals surface area contributed by atoms with Gasteiger partial charge in [-0.3, -0.25) is 4.79 Å². The Balaban J connectivity index is 2.37. The van der Waals surface area contributed by atoms with Crippen LogP contribution < -0.4 is 5.43 Å². The van der Waals surface area contributed by atoms with Crippen molar-refractivity contribution in [1.29, 1.82) is 0 Å². The first-order valence-electron chi connectivity index (χ1n) is 7.39. The van der Waals surface area contributed by atoms with Crippen LogP contribution in [-0.4, -0.2) is 20.6 Å². The fourth-order valence-corrected chi connectivity index (χ4v) is 3.42. The van der Waals surface area contributed by atoms with E-state index in [1.165, 1.54) is 11.3 Å². The molecule has 0 fully saturated rings. The number of benzene rings is 1. The van der Waals surface area contributed by atoms with Crippen molar-refractivity contribution in [2.24, 2.45) is 0 Å². The molecule has 0 bridgehead atoms. The number of aromatic carboxylic acids is 1. The second kappa shape index (κ2) is 6.34. The molecule has 0 aliphatic rings. The van der Waals surface area contributed by atoms with E-state index in [-0.39, 0.29) is 5.56 Å². The number of carboxylic acid groups (broad SMARTS) is 1. The van der Waals surface area contributed by atoms with E-state index in [0.29, 0.717) is 24.0 Å². The highest BCUT2D eigenvalue weighted by Crippen LogP contribution is 2.20. The van der Waals surface area contributed by atoms with E-state index in [1.54, 1.807) is 18.3 Å². The predicted molar refractivity (Wildman–Crippen MR) is 90.4 cm³/mol. The van der Waals surface area contributed by atoms with Gasteiger partial charge in [0.15, 0.2) is 0 Å². The zero-order valence-corrected chi connectivity index (χ0v) is 13.5. The van der Waals surface area contributed by atoms with E-state index >= 15 is 0 Å². The minimum absolute atomic E-state index is 0.123. The number of nitrogens with zero attached hydrogens (tertiary/aromatic N) is 2. The minimum atomic E-state index is -1.17. The Hall–Kier alpha value is -2.47. The Morgan fingerprint density at radius 1 is 1.35 bits per heavy atom. The van der Waals surface area contributed by atoms with Crippen molar-refractivity contribution in [2.75, 3.05) is 0 Å². The molecule has 118 valence electrons. The summed E-state index contributed by atoms with van der Waals surface area (Å²) in [5.74, 6) is -1.17. The molecule has 0 aliphatic carbocycles. The Morgan fingerprint density at radius 2 is 2.13 bits per heavy atom. The van der Waals surface area contributed by atoms with Gasteiger partial charge in [-0.1, -0.05) is 25.5 Å². The molecule has 3 rings (SSSR count). The van der Waals surface area contributed by atoms with Crippen molar-refractivity contribution in [3.8, 4) is 0 Å². The van der Waals surface area contributed by atoms with E-state index in [1.807, 2.05) is 29.0 Å². The van der Waals surface area contributed by atoms with Crippen molar-refractivity contribution in [3.05, 3.63) is 62.3 Å². The Morgan fingerprint density at radius 3 is 2.78 bits per heavy atom. The van der Waals surface area contributed by atoms with Crippen LogP contribution in [0.25, 0.3) is 10.9 Å². The van der Waals surface area contributed by atoms with E-state index in [4.69, 9.17) is 0 Å². The Kier molecular flexibility index (Phi) is 4.25. The van der Waals surface area contributed by atoms with Crippen molar-refractivity contribution >= 4 is 28.2 Å². The first kappa shape index (κ1) is 15.4. The van der Waals surface area contributed by atoms with Crippen LogP contribution in [-0.2, 0) is 13.0 Å². The molecule has 23 heavy (non-hydrogen) atoms. The number of pyridine rings is 1. The highest BCUT2D eigenvalue weighted by atomic mass is 32.1. The van der Waals surface area contributed by atoms with E-state index in [0.717, 1.165) is 16.9 Å². The third-order valence-electron chi connectivity index (χ3n) is 3.76. The fourth-order valence-electron chi connectivity index (χ4n) is 2.81. The average molecular weight is 328 g/mol. The van der Waals surface area contributed by atoms with Crippen LogP contribution in [0.4, 0.5) is 0 Å². The SMILES string of the molecule is CCCc1c(C(=O)O)c(=O)c2ccccc2n1Cc1nccs1. The highest BCUT2D eigenvalue weighted by molar-refractivity contribution is 7.09. The molecule has 0 radical (unpaired) electrons. The van der Waals surface area contributed by atoms with Crippen LogP contribution in [0, 0.1) is 0 Å². The van der Waals surface area contributed by atoms with Gasteiger partial charge >= 0.3 is 5.97 Å². The molecule has 0 spiro atoms. The summed E-state index contributed by atoms with van der Waals surface area (Å²) in [6, 6.07) is 7.15. The van der Waals surface area contributed by atoms with Crippen molar-refractivity contribution in [3.63, 3.8) is 0 Å².